The van der Waals surface area contributed by atoms with Crippen molar-refractivity contribution < 1.29 is 22.7 Å². The van der Waals surface area contributed by atoms with Gasteiger partial charge in [-0.2, -0.15) is 13.2 Å². The van der Waals surface area contributed by atoms with Crippen molar-refractivity contribution in [3.05, 3.63) is 28.8 Å². The van der Waals surface area contributed by atoms with Crippen molar-refractivity contribution in [3.8, 4) is 0 Å². The number of nitrogens with zero attached hydrogens (tertiary/aromatic N) is 1. The summed E-state index contributed by atoms with van der Waals surface area (Å²) in [6, 6.07) is 2.93. The largest absolute Gasteiger partial charge is 0.416 e. The number of nitrogen functional groups attached to an aromatic ring is 1. The van der Waals surface area contributed by atoms with Crippen LogP contribution < -0.4 is 11.1 Å². The summed E-state index contributed by atoms with van der Waals surface area (Å²) in [5, 5.41) is 3.66. The Kier molecular flexibility index (Phi) is 7.86. The number of nitrogens with two attached hydrogens (primary N) is 1. The molecule has 1 amide bonds. The molecule has 3 aliphatic rings. The molecule has 1 saturated carbocycles. The van der Waals surface area contributed by atoms with Crippen molar-refractivity contribution in [2.75, 3.05) is 25.5 Å². The lowest BCUT2D eigenvalue weighted by atomic mass is 9.94. The van der Waals surface area contributed by atoms with Crippen LogP contribution in [-0.4, -0.2) is 42.6 Å². The van der Waals surface area contributed by atoms with Gasteiger partial charge in [-0.3, -0.25) is 4.79 Å². The minimum atomic E-state index is -4.44. The summed E-state index contributed by atoms with van der Waals surface area (Å²) in [4.78, 5) is 14.8. The number of hydrogen-bond acceptors (Lipinski definition) is 4. The molecule has 2 atom stereocenters. The van der Waals surface area contributed by atoms with Gasteiger partial charge in [0.1, 0.15) is 0 Å². The molecule has 0 radical (unpaired) electrons. The van der Waals surface area contributed by atoms with Gasteiger partial charge in [-0.05, 0) is 61.8 Å². The zero-order chi connectivity index (χ0) is 22.6. The minimum Gasteiger partial charge on any atom is -0.398 e. The normalized spacial score (nSPS) is 24.4. The molecular formula is C23H34F3N3O2. The summed E-state index contributed by atoms with van der Waals surface area (Å²) < 4.78 is 44.8. The van der Waals surface area contributed by atoms with Gasteiger partial charge >= 0.3 is 6.18 Å². The first-order valence-electron chi connectivity index (χ1n) is 11.4. The molecule has 8 heteroatoms. The number of alkyl halides is 3. The van der Waals surface area contributed by atoms with E-state index in [1.807, 2.05) is 13.8 Å². The Hall–Kier alpha value is -1.80. The van der Waals surface area contributed by atoms with Crippen LogP contribution >= 0.6 is 0 Å². The lowest BCUT2D eigenvalue weighted by Gasteiger charge is -2.32. The second-order valence-corrected chi connectivity index (χ2v) is 8.47. The molecule has 174 valence electrons. The SMILES string of the molecule is CC.Nc1cc(C(F)(F)F)cc2c1CCN(C(=O)C1CC[C@@H](NC3CCOCC3)C1)C2. The average Bonchev–Trinajstić information content (AvgIpc) is 3.22. The van der Waals surface area contributed by atoms with Crippen LogP contribution in [0, 0.1) is 5.92 Å². The number of rotatable bonds is 3. The van der Waals surface area contributed by atoms with E-state index in [-0.39, 0.29) is 24.1 Å². The molecule has 2 fully saturated rings. The van der Waals surface area contributed by atoms with E-state index in [4.69, 9.17) is 10.5 Å². The number of amides is 1. The minimum absolute atomic E-state index is 0.0583. The van der Waals surface area contributed by atoms with E-state index < -0.39 is 11.7 Å². The van der Waals surface area contributed by atoms with Gasteiger partial charge in [0.15, 0.2) is 0 Å². The molecule has 1 saturated heterocycles. The lowest BCUT2D eigenvalue weighted by molar-refractivity contribution is -0.137. The molecule has 0 bridgehead atoms. The molecule has 1 aromatic carbocycles. The first-order chi connectivity index (χ1) is 14.8. The van der Waals surface area contributed by atoms with E-state index in [9.17, 15) is 18.0 Å². The Balaban J connectivity index is 0.00000132. The monoisotopic (exact) mass is 441 g/mol. The summed E-state index contributed by atoms with van der Waals surface area (Å²) in [7, 11) is 0. The first kappa shape index (κ1) is 23.9. The second-order valence-electron chi connectivity index (χ2n) is 8.47. The van der Waals surface area contributed by atoms with Gasteiger partial charge in [-0.25, -0.2) is 0 Å². The topological polar surface area (TPSA) is 67.6 Å². The zero-order valence-corrected chi connectivity index (χ0v) is 18.4. The van der Waals surface area contributed by atoms with Crippen molar-refractivity contribution in [3.63, 3.8) is 0 Å². The standard InChI is InChI=1S/C21H28F3N3O2.C2H6/c22-21(23,24)15-9-14-12-27(6-3-18(14)19(25)11-15)20(28)13-1-2-17(10-13)26-16-4-7-29-8-5-16;1-2/h9,11,13,16-17,26H,1-8,10,12,25H2;1-2H3/t13?,17-;/m1./s1. The highest BCUT2D eigenvalue weighted by Crippen LogP contribution is 2.36. The van der Waals surface area contributed by atoms with Crippen LogP contribution in [0.5, 0.6) is 0 Å². The second kappa shape index (κ2) is 10.2. The van der Waals surface area contributed by atoms with Crippen molar-refractivity contribution in [2.24, 2.45) is 5.92 Å². The van der Waals surface area contributed by atoms with Gasteiger partial charge in [0.2, 0.25) is 5.91 Å². The van der Waals surface area contributed by atoms with E-state index in [1.165, 1.54) is 0 Å². The summed E-state index contributed by atoms with van der Waals surface area (Å²) in [6.07, 6.45) is 0.648. The number of carbonyl (C=O) groups is 1. The van der Waals surface area contributed by atoms with Crippen molar-refractivity contribution in [1.29, 1.82) is 0 Å². The smallest absolute Gasteiger partial charge is 0.398 e. The average molecular weight is 442 g/mol. The van der Waals surface area contributed by atoms with Crippen LogP contribution in [0.4, 0.5) is 18.9 Å². The Bertz CT molecular complexity index is 763. The van der Waals surface area contributed by atoms with Gasteiger partial charge in [-0.15, -0.1) is 0 Å². The maximum Gasteiger partial charge on any atom is 0.416 e. The molecule has 2 heterocycles. The Labute approximate surface area is 182 Å². The van der Waals surface area contributed by atoms with Gasteiger partial charge in [-0.1, -0.05) is 13.8 Å². The summed E-state index contributed by atoms with van der Waals surface area (Å²) in [6.45, 7) is 6.28. The molecule has 1 unspecified atom stereocenters. The van der Waals surface area contributed by atoms with E-state index in [0.717, 1.165) is 63.0 Å². The third kappa shape index (κ3) is 5.71. The molecule has 4 rings (SSSR count). The molecule has 2 aliphatic heterocycles. The Morgan fingerprint density at radius 2 is 1.84 bits per heavy atom. The van der Waals surface area contributed by atoms with Gasteiger partial charge in [0, 0.05) is 50.0 Å². The number of benzene rings is 1. The number of ether oxygens (including phenoxy) is 1. The summed E-state index contributed by atoms with van der Waals surface area (Å²) in [5.41, 5.74) is 6.56. The fourth-order valence-corrected chi connectivity index (χ4v) is 4.90. The number of anilines is 1. The molecule has 3 N–H and O–H groups in total. The van der Waals surface area contributed by atoms with Crippen LogP contribution in [-0.2, 0) is 28.7 Å². The molecule has 1 aliphatic carbocycles. The van der Waals surface area contributed by atoms with Crippen molar-refractivity contribution in [2.45, 2.75) is 77.2 Å². The highest BCUT2D eigenvalue weighted by molar-refractivity contribution is 5.79. The number of halogens is 3. The fraction of sp³-hybridized carbons (Fsp3) is 0.696. The van der Waals surface area contributed by atoms with Gasteiger partial charge in [0.25, 0.3) is 0 Å². The highest BCUT2D eigenvalue weighted by Gasteiger charge is 2.36. The summed E-state index contributed by atoms with van der Waals surface area (Å²) >= 11 is 0. The van der Waals surface area contributed by atoms with Gasteiger partial charge in [0.05, 0.1) is 5.56 Å². The van der Waals surface area contributed by atoms with Crippen molar-refractivity contribution >= 4 is 11.6 Å². The molecule has 0 spiro atoms. The molecule has 1 aromatic rings. The predicted octanol–water partition coefficient (Wildman–Crippen LogP) is 4.14. The maximum atomic E-state index is 13.1. The number of carbonyl (C=O) groups excluding carboxylic acids is 1. The molecule has 31 heavy (non-hydrogen) atoms. The highest BCUT2D eigenvalue weighted by atomic mass is 19.4. The van der Waals surface area contributed by atoms with Crippen LogP contribution in [0.3, 0.4) is 0 Å². The van der Waals surface area contributed by atoms with Crippen LogP contribution in [0.1, 0.15) is 62.6 Å². The van der Waals surface area contributed by atoms with Gasteiger partial charge < -0.3 is 20.7 Å². The Morgan fingerprint density at radius 1 is 1.13 bits per heavy atom. The first-order valence-corrected chi connectivity index (χ1v) is 11.4. The number of nitrogens with one attached hydrogen (secondary N) is 1. The molecule has 5 nitrogen and oxygen atoms in total. The fourth-order valence-electron chi connectivity index (χ4n) is 4.90. The van der Waals surface area contributed by atoms with E-state index in [2.05, 4.69) is 5.32 Å². The van der Waals surface area contributed by atoms with E-state index in [1.54, 1.807) is 4.90 Å². The van der Waals surface area contributed by atoms with Crippen molar-refractivity contribution in [1.82, 2.24) is 10.2 Å². The predicted molar refractivity (Wildman–Crippen MR) is 114 cm³/mol. The zero-order valence-electron chi connectivity index (χ0n) is 18.4. The number of fused-ring (bicyclic) bond motifs is 1. The van der Waals surface area contributed by atoms with Crippen LogP contribution in [0.2, 0.25) is 0 Å². The number of hydrogen-bond donors (Lipinski definition) is 2. The third-order valence-electron chi connectivity index (χ3n) is 6.48. The molecular weight excluding hydrogens is 407 g/mol. The van der Waals surface area contributed by atoms with Crippen LogP contribution in [0.25, 0.3) is 0 Å². The third-order valence-corrected chi connectivity index (χ3v) is 6.48. The maximum absolute atomic E-state index is 13.1. The van der Waals surface area contributed by atoms with Crippen LogP contribution in [0.15, 0.2) is 12.1 Å². The summed E-state index contributed by atoms with van der Waals surface area (Å²) in [5.74, 6) is -0.0000491. The lowest BCUT2D eigenvalue weighted by Crippen LogP contribution is -2.42. The van der Waals surface area contributed by atoms with E-state index in [0.29, 0.717) is 30.6 Å². The quantitative estimate of drug-likeness (QED) is 0.692. The molecule has 0 aromatic heterocycles. The Morgan fingerprint density at radius 3 is 2.52 bits per heavy atom. The van der Waals surface area contributed by atoms with E-state index >= 15 is 0 Å².